The Balaban J connectivity index is 4.24. The summed E-state index contributed by atoms with van der Waals surface area (Å²) in [6, 6.07) is 0. The van der Waals surface area contributed by atoms with Crippen molar-refractivity contribution in [2.24, 2.45) is 5.92 Å². The lowest BCUT2D eigenvalue weighted by molar-refractivity contribution is -0.167. The zero-order chi connectivity index (χ0) is 51.6. The summed E-state index contributed by atoms with van der Waals surface area (Å²) in [4.78, 5) is 38.3. The molecule has 0 amide bonds. The number of unbranched alkanes of at least 4 members (excludes halogenated alkanes) is 47. The largest absolute Gasteiger partial charge is 0.462 e. The van der Waals surface area contributed by atoms with Gasteiger partial charge in [0.2, 0.25) is 0 Å². The van der Waals surface area contributed by atoms with Gasteiger partial charge in [-0.15, -0.1) is 0 Å². The Kier molecular flexibility index (Phi) is 58.0. The lowest BCUT2D eigenvalue weighted by atomic mass is 10.0. The van der Waals surface area contributed by atoms with Gasteiger partial charge in [0.25, 0.3) is 0 Å². The van der Waals surface area contributed by atoms with Crippen LogP contribution in [0.1, 0.15) is 374 Å². The Morgan fingerprint density at radius 1 is 0.268 bits per heavy atom. The third-order valence-corrected chi connectivity index (χ3v) is 15.0. The van der Waals surface area contributed by atoms with E-state index in [1.165, 1.54) is 270 Å². The molecule has 0 aliphatic heterocycles. The number of carbonyl (C=O) groups is 3. The quantitative estimate of drug-likeness (QED) is 0.0343. The van der Waals surface area contributed by atoms with Crippen molar-refractivity contribution in [1.29, 1.82) is 0 Å². The van der Waals surface area contributed by atoms with Crippen molar-refractivity contribution in [1.82, 2.24) is 0 Å². The molecule has 0 fully saturated rings. The molecule has 0 saturated carbocycles. The summed E-state index contributed by atoms with van der Waals surface area (Å²) in [5, 5.41) is 0. The van der Waals surface area contributed by atoms with Crippen LogP contribution in [0.4, 0.5) is 0 Å². The van der Waals surface area contributed by atoms with Crippen molar-refractivity contribution < 1.29 is 28.6 Å². The van der Waals surface area contributed by atoms with E-state index in [0.29, 0.717) is 19.3 Å². The monoisotopic (exact) mass is 1000 g/mol. The molecule has 0 saturated heterocycles. The first-order valence-electron chi connectivity index (χ1n) is 32.4. The van der Waals surface area contributed by atoms with Gasteiger partial charge in [-0.05, 0) is 25.2 Å². The van der Waals surface area contributed by atoms with E-state index < -0.39 is 6.10 Å². The number of carbonyl (C=O) groups excluding carboxylic acids is 3. The normalized spacial score (nSPS) is 12.0. The predicted molar refractivity (Wildman–Crippen MR) is 307 cm³/mol. The molecule has 0 spiro atoms. The Morgan fingerprint density at radius 3 is 0.690 bits per heavy atom. The molecule has 1 atom stereocenters. The van der Waals surface area contributed by atoms with E-state index in [2.05, 4.69) is 27.7 Å². The number of rotatable bonds is 60. The van der Waals surface area contributed by atoms with Gasteiger partial charge in [-0.25, -0.2) is 0 Å². The fourth-order valence-corrected chi connectivity index (χ4v) is 10.2. The van der Waals surface area contributed by atoms with Crippen LogP contribution in [0.2, 0.25) is 0 Å². The Bertz CT molecular complexity index is 1070. The molecule has 6 heteroatoms. The lowest BCUT2D eigenvalue weighted by Gasteiger charge is -2.18. The Hall–Kier alpha value is -1.59. The first kappa shape index (κ1) is 69.4. The molecule has 0 aliphatic rings. The second-order valence-corrected chi connectivity index (χ2v) is 22.9. The van der Waals surface area contributed by atoms with E-state index in [9.17, 15) is 14.4 Å². The van der Waals surface area contributed by atoms with Gasteiger partial charge in [0, 0.05) is 19.3 Å². The highest BCUT2D eigenvalue weighted by Gasteiger charge is 2.19. The third kappa shape index (κ3) is 59.2. The van der Waals surface area contributed by atoms with Crippen molar-refractivity contribution in [2.45, 2.75) is 381 Å². The number of esters is 3. The summed E-state index contributed by atoms with van der Waals surface area (Å²) < 4.78 is 17.0. The van der Waals surface area contributed by atoms with Crippen LogP contribution < -0.4 is 0 Å². The molecule has 0 aromatic carbocycles. The fourth-order valence-electron chi connectivity index (χ4n) is 10.2. The molecule has 0 aromatic heterocycles. The average molecular weight is 1000 g/mol. The van der Waals surface area contributed by atoms with Gasteiger partial charge in [0.05, 0.1) is 0 Å². The topological polar surface area (TPSA) is 78.9 Å². The van der Waals surface area contributed by atoms with E-state index in [0.717, 1.165) is 63.7 Å². The molecular weight excluding hydrogens is 877 g/mol. The van der Waals surface area contributed by atoms with Crippen molar-refractivity contribution in [3.8, 4) is 0 Å². The molecule has 422 valence electrons. The molecule has 6 nitrogen and oxygen atoms in total. The van der Waals surface area contributed by atoms with Gasteiger partial charge in [0.15, 0.2) is 6.10 Å². The molecule has 0 aliphatic carbocycles. The van der Waals surface area contributed by atoms with E-state index in [-0.39, 0.29) is 31.1 Å². The van der Waals surface area contributed by atoms with Crippen LogP contribution in [-0.4, -0.2) is 37.2 Å². The van der Waals surface area contributed by atoms with E-state index in [4.69, 9.17) is 14.2 Å². The van der Waals surface area contributed by atoms with Crippen molar-refractivity contribution in [3.05, 3.63) is 0 Å². The van der Waals surface area contributed by atoms with Gasteiger partial charge in [0.1, 0.15) is 13.2 Å². The second kappa shape index (κ2) is 59.3. The van der Waals surface area contributed by atoms with Crippen LogP contribution in [-0.2, 0) is 28.6 Å². The summed E-state index contributed by atoms with van der Waals surface area (Å²) in [6.07, 6.45) is 66.8. The molecular formula is C65H126O6. The first-order chi connectivity index (χ1) is 34.9. The highest BCUT2D eigenvalue weighted by molar-refractivity contribution is 5.71. The summed E-state index contributed by atoms with van der Waals surface area (Å²) in [5.41, 5.74) is 0. The molecule has 0 heterocycles. The maximum atomic E-state index is 12.9. The highest BCUT2D eigenvalue weighted by atomic mass is 16.6. The minimum absolute atomic E-state index is 0.0610. The van der Waals surface area contributed by atoms with Crippen molar-refractivity contribution in [3.63, 3.8) is 0 Å². The summed E-state index contributed by atoms with van der Waals surface area (Å²) in [5.74, 6) is 0.0327. The Morgan fingerprint density at radius 2 is 0.465 bits per heavy atom. The van der Waals surface area contributed by atoms with Crippen molar-refractivity contribution >= 4 is 17.9 Å². The highest BCUT2D eigenvalue weighted by Crippen LogP contribution is 2.19. The fraction of sp³-hybridized carbons (Fsp3) is 0.954. The van der Waals surface area contributed by atoms with Crippen molar-refractivity contribution in [2.75, 3.05) is 13.2 Å². The molecule has 0 unspecified atom stereocenters. The van der Waals surface area contributed by atoms with Gasteiger partial charge < -0.3 is 14.2 Å². The minimum atomic E-state index is -0.763. The maximum absolute atomic E-state index is 12.9. The van der Waals surface area contributed by atoms with Crippen LogP contribution in [0.3, 0.4) is 0 Å². The zero-order valence-corrected chi connectivity index (χ0v) is 48.7. The summed E-state index contributed by atoms with van der Waals surface area (Å²) in [7, 11) is 0. The van der Waals surface area contributed by atoms with Crippen LogP contribution in [0.5, 0.6) is 0 Å². The number of hydrogen-bond acceptors (Lipinski definition) is 6. The number of ether oxygens (including phenoxy) is 3. The van der Waals surface area contributed by atoms with Gasteiger partial charge in [-0.2, -0.15) is 0 Å². The minimum Gasteiger partial charge on any atom is -0.462 e. The van der Waals surface area contributed by atoms with Gasteiger partial charge in [-0.1, -0.05) is 336 Å². The predicted octanol–water partition coefficient (Wildman–Crippen LogP) is 21.7. The van der Waals surface area contributed by atoms with E-state index in [1.807, 2.05) is 0 Å². The smallest absolute Gasteiger partial charge is 0.306 e. The molecule has 0 rings (SSSR count). The van der Waals surface area contributed by atoms with Crippen LogP contribution in [0, 0.1) is 5.92 Å². The van der Waals surface area contributed by atoms with Crippen LogP contribution in [0.15, 0.2) is 0 Å². The standard InChI is InChI=1S/C65H126O6/c1-5-7-9-11-13-15-17-19-21-22-26-29-33-36-40-44-48-52-56-63(66)69-59-62(71-65(68)58-54-50-46-42-38-32-20-18-16-14-12-10-8-6-2)60-70-64(67)57-53-49-45-41-37-34-30-27-24-23-25-28-31-35-39-43-47-51-55-61(3)4/h61-62H,5-60H2,1-4H3/t62-/m0/s1. The SMILES string of the molecule is CCCCCCCCCCCCCCCCCCCCC(=O)OC[C@@H](COC(=O)CCCCCCCCCCCCCCCCCCCCC(C)C)OC(=O)CCCCCCCCCCCCCCCC. The average Bonchev–Trinajstić information content (AvgIpc) is 3.36. The zero-order valence-electron chi connectivity index (χ0n) is 48.7. The summed E-state index contributed by atoms with van der Waals surface area (Å²) >= 11 is 0. The molecule has 0 aromatic rings. The first-order valence-corrected chi connectivity index (χ1v) is 32.4. The second-order valence-electron chi connectivity index (χ2n) is 22.9. The molecule has 0 bridgehead atoms. The lowest BCUT2D eigenvalue weighted by Crippen LogP contribution is -2.30. The number of hydrogen-bond donors (Lipinski definition) is 0. The van der Waals surface area contributed by atoms with Gasteiger partial charge >= 0.3 is 17.9 Å². The van der Waals surface area contributed by atoms with Crippen LogP contribution >= 0.6 is 0 Å². The van der Waals surface area contributed by atoms with E-state index in [1.54, 1.807) is 0 Å². The van der Waals surface area contributed by atoms with Crippen LogP contribution in [0.25, 0.3) is 0 Å². The van der Waals surface area contributed by atoms with Gasteiger partial charge in [-0.3, -0.25) is 14.4 Å². The maximum Gasteiger partial charge on any atom is 0.306 e. The molecule has 71 heavy (non-hydrogen) atoms. The molecule has 0 N–H and O–H groups in total. The Labute approximate surface area is 444 Å². The third-order valence-electron chi connectivity index (χ3n) is 15.0. The summed E-state index contributed by atoms with van der Waals surface area (Å²) in [6.45, 7) is 9.10. The molecule has 0 radical (unpaired) electrons. The van der Waals surface area contributed by atoms with E-state index >= 15 is 0 Å².